The van der Waals surface area contributed by atoms with Crippen LogP contribution in [0.25, 0.3) is 0 Å². The van der Waals surface area contributed by atoms with Gasteiger partial charge in [0.05, 0.1) is 13.5 Å². The molecule has 114 valence electrons. The molecule has 0 fully saturated rings. The fraction of sp³-hybridized carbons (Fsp3) is 0.455. The summed E-state index contributed by atoms with van der Waals surface area (Å²) in [5.74, 6) is 0.0347. The molecule has 0 aliphatic carbocycles. The molecule has 0 heterocycles. The number of hydrogen-bond acceptors (Lipinski definition) is 4. The Morgan fingerprint density at radius 1 is 1.35 bits per heavy atom. The summed E-state index contributed by atoms with van der Waals surface area (Å²) in [6.07, 6.45) is -5.66. The zero-order chi connectivity index (χ0) is 15.4. The molecule has 0 aliphatic heterocycles. The van der Waals surface area contributed by atoms with Gasteiger partial charge in [0, 0.05) is 13.1 Å². The Balaban J connectivity index is 2.92. The summed E-state index contributed by atoms with van der Waals surface area (Å²) in [5, 5.41) is 0. The fourth-order valence-electron chi connectivity index (χ4n) is 1.47. The summed E-state index contributed by atoms with van der Waals surface area (Å²) >= 11 is 0. The van der Waals surface area contributed by atoms with Crippen LogP contribution in [0.2, 0.25) is 0 Å². The third-order valence-corrected chi connectivity index (χ3v) is 3.95. The normalized spacial score (nSPS) is 12.4. The van der Waals surface area contributed by atoms with Crippen molar-refractivity contribution in [2.75, 3.05) is 13.7 Å². The monoisotopic (exact) mass is 312 g/mol. The molecule has 20 heavy (non-hydrogen) atoms. The first-order chi connectivity index (χ1) is 9.19. The lowest BCUT2D eigenvalue weighted by atomic mass is 10.2. The van der Waals surface area contributed by atoms with Crippen LogP contribution in [-0.2, 0) is 16.6 Å². The van der Waals surface area contributed by atoms with Crippen molar-refractivity contribution in [3.63, 3.8) is 0 Å². The lowest BCUT2D eigenvalue weighted by Crippen LogP contribution is -2.28. The van der Waals surface area contributed by atoms with Gasteiger partial charge in [-0.15, -0.1) is 0 Å². The summed E-state index contributed by atoms with van der Waals surface area (Å²) < 4.78 is 66.6. The van der Waals surface area contributed by atoms with Crippen LogP contribution in [0.1, 0.15) is 12.0 Å². The van der Waals surface area contributed by atoms with Crippen molar-refractivity contribution in [1.82, 2.24) is 4.72 Å². The predicted molar refractivity (Wildman–Crippen MR) is 66.7 cm³/mol. The van der Waals surface area contributed by atoms with Crippen LogP contribution in [0.5, 0.6) is 5.75 Å². The highest BCUT2D eigenvalue weighted by Gasteiger charge is 2.28. The molecular formula is C11H15F3N2O3S. The first-order valence-electron chi connectivity index (χ1n) is 5.63. The van der Waals surface area contributed by atoms with Gasteiger partial charge < -0.3 is 10.5 Å². The van der Waals surface area contributed by atoms with Crippen LogP contribution in [0.3, 0.4) is 0 Å². The smallest absolute Gasteiger partial charge is 0.390 e. The summed E-state index contributed by atoms with van der Waals surface area (Å²) in [6, 6.07) is 4.15. The highest BCUT2D eigenvalue weighted by atomic mass is 32.2. The SMILES string of the molecule is COc1cc(CN)ccc1S(=O)(=O)NCCC(F)(F)F. The standard InChI is InChI=1S/C11H15F3N2O3S/c1-19-9-6-8(7-15)2-3-10(9)20(17,18)16-5-4-11(12,13)14/h2-3,6,16H,4-5,7,15H2,1H3. The van der Waals surface area contributed by atoms with E-state index in [0.717, 1.165) is 0 Å². The minimum absolute atomic E-state index is 0.0347. The summed E-state index contributed by atoms with van der Waals surface area (Å²) in [5.41, 5.74) is 6.06. The third kappa shape index (κ3) is 4.66. The number of methoxy groups -OCH3 is 1. The Morgan fingerprint density at radius 2 is 2.00 bits per heavy atom. The highest BCUT2D eigenvalue weighted by Crippen LogP contribution is 2.25. The first-order valence-corrected chi connectivity index (χ1v) is 7.11. The van der Waals surface area contributed by atoms with Crippen molar-refractivity contribution < 1.29 is 26.3 Å². The van der Waals surface area contributed by atoms with Crippen molar-refractivity contribution in [3.05, 3.63) is 23.8 Å². The third-order valence-electron chi connectivity index (χ3n) is 2.45. The summed E-state index contributed by atoms with van der Waals surface area (Å²) in [6.45, 7) is -0.536. The number of nitrogens with one attached hydrogen (secondary N) is 1. The second-order valence-corrected chi connectivity index (χ2v) is 5.69. The van der Waals surface area contributed by atoms with E-state index >= 15 is 0 Å². The van der Waals surface area contributed by atoms with Crippen molar-refractivity contribution in [2.24, 2.45) is 5.73 Å². The van der Waals surface area contributed by atoms with E-state index in [4.69, 9.17) is 10.5 Å². The minimum atomic E-state index is -4.42. The lowest BCUT2D eigenvalue weighted by molar-refractivity contribution is -0.132. The van der Waals surface area contributed by atoms with E-state index in [-0.39, 0.29) is 17.2 Å². The first kappa shape index (κ1) is 16.7. The molecule has 0 saturated carbocycles. The van der Waals surface area contributed by atoms with Crippen molar-refractivity contribution >= 4 is 10.0 Å². The Morgan fingerprint density at radius 3 is 2.50 bits per heavy atom. The average Bonchev–Trinajstić information content (AvgIpc) is 2.36. The molecule has 0 unspecified atom stereocenters. The number of halogens is 3. The van der Waals surface area contributed by atoms with Crippen LogP contribution in [0.4, 0.5) is 13.2 Å². The average molecular weight is 312 g/mol. The fourth-order valence-corrected chi connectivity index (χ4v) is 2.65. The largest absolute Gasteiger partial charge is 0.495 e. The molecule has 9 heteroatoms. The van der Waals surface area contributed by atoms with E-state index in [0.29, 0.717) is 5.56 Å². The number of ether oxygens (including phenoxy) is 1. The van der Waals surface area contributed by atoms with Crippen LogP contribution in [0.15, 0.2) is 23.1 Å². The molecule has 0 atom stereocenters. The van der Waals surface area contributed by atoms with Gasteiger partial charge in [0.1, 0.15) is 10.6 Å². The molecule has 0 aliphatic rings. The molecule has 0 radical (unpaired) electrons. The molecule has 1 aromatic rings. The van der Waals surface area contributed by atoms with E-state index in [9.17, 15) is 21.6 Å². The van der Waals surface area contributed by atoms with Crippen LogP contribution in [-0.4, -0.2) is 28.2 Å². The maximum absolute atomic E-state index is 12.0. The van der Waals surface area contributed by atoms with Gasteiger partial charge in [0.2, 0.25) is 10.0 Å². The molecule has 0 aromatic heterocycles. The molecule has 3 N–H and O–H groups in total. The second-order valence-electron chi connectivity index (χ2n) is 3.95. The van der Waals surface area contributed by atoms with Crippen LogP contribution < -0.4 is 15.2 Å². The molecule has 0 saturated heterocycles. The van der Waals surface area contributed by atoms with Crippen molar-refractivity contribution in [1.29, 1.82) is 0 Å². The molecule has 1 rings (SSSR count). The van der Waals surface area contributed by atoms with Gasteiger partial charge in [-0.1, -0.05) is 6.07 Å². The predicted octanol–water partition coefficient (Wildman–Crippen LogP) is 1.38. The van der Waals surface area contributed by atoms with E-state index < -0.39 is 29.2 Å². The zero-order valence-electron chi connectivity index (χ0n) is 10.7. The van der Waals surface area contributed by atoms with E-state index in [2.05, 4.69) is 0 Å². The molecule has 1 aromatic carbocycles. The van der Waals surface area contributed by atoms with Gasteiger partial charge in [-0.3, -0.25) is 0 Å². The van der Waals surface area contributed by atoms with E-state index in [1.165, 1.54) is 25.3 Å². The number of alkyl halides is 3. The number of nitrogens with two attached hydrogens (primary N) is 1. The number of sulfonamides is 1. The Labute approximate surface area is 115 Å². The van der Waals surface area contributed by atoms with Gasteiger partial charge in [-0.05, 0) is 17.7 Å². The molecule has 0 bridgehead atoms. The lowest BCUT2D eigenvalue weighted by Gasteiger charge is -2.12. The summed E-state index contributed by atoms with van der Waals surface area (Å²) in [4.78, 5) is -0.223. The maximum atomic E-state index is 12.0. The Hall–Kier alpha value is -1.32. The maximum Gasteiger partial charge on any atom is 0.390 e. The number of hydrogen-bond donors (Lipinski definition) is 2. The van der Waals surface area contributed by atoms with E-state index in [1.807, 2.05) is 4.72 Å². The Bertz CT molecular complexity index is 559. The minimum Gasteiger partial charge on any atom is -0.495 e. The van der Waals surface area contributed by atoms with Crippen molar-refractivity contribution in [3.8, 4) is 5.75 Å². The second kappa shape index (κ2) is 6.42. The van der Waals surface area contributed by atoms with Gasteiger partial charge in [0.25, 0.3) is 0 Å². The quantitative estimate of drug-likeness (QED) is 0.831. The van der Waals surface area contributed by atoms with Crippen LogP contribution >= 0.6 is 0 Å². The Kier molecular flexibility index (Phi) is 5.37. The van der Waals surface area contributed by atoms with Gasteiger partial charge >= 0.3 is 6.18 Å². The van der Waals surface area contributed by atoms with Gasteiger partial charge in [-0.25, -0.2) is 13.1 Å². The van der Waals surface area contributed by atoms with Crippen molar-refractivity contribution in [2.45, 2.75) is 24.0 Å². The molecule has 0 spiro atoms. The molecule has 0 amide bonds. The molecular weight excluding hydrogens is 297 g/mol. The number of rotatable bonds is 6. The van der Waals surface area contributed by atoms with Gasteiger partial charge in [-0.2, -0.15) is 13.2 Å². The molecule has 5 nitrogen and oxygen atoms in total. The zero-order valence-corrected chi connectivity index (χ0v) is 11.5. The van der Waals surface area contributed by atoms with E-state index in [1.54, 1.807) is 0 Å². The highest BCUT2D eigenvalue weighted by molar-refractivity contribution is 7.89. The summed E-state index contributed by atoms with van der Waals surface area (Å²) in [7, 11) is -2.80. The van der Waals surface area contributed by atoms with Crippen LogP contribution in [0, 0.1) is 0 Å². The van der Waals surface area contributed by atoms with Gasteiger partial charge in [0.15, 0.2) is 0 Å². The number of benzene rings is 1. The topological polar surface area (TPSA) is 81.4 Å².